The number of nitrogens with zero attached hydrogens (tertiary/aromatic N) is 2. The van der Waals surface area contributed by atoms with Crippen molar-refractivity contribution in [2.45, 2.75) is 56.4 Å². The number of rotatable bonds is 9. The summed E-state index contributed by atoms with van der Waals surface area (Å²) in [7, 11) is -1.72. The maximum atomic E-state index is 13.1. The summed E-state index contributed by atoms with van der Waals surface area (Å²) in [4.78, 5) is 2.97. The molecule has 180 valence electrons. The maximum absolute atomic E-state index is 13.1. The van der Waals surface area contributed by atoms with Crippen LogP contribution in [-0.2, 0) is 21.2 Å². The van der Waals surface area contributed by atoms with Crippen molar-refractivity contribution in [1.82, 2.24) is 9.21 Å². The zero-order chi connectivity index (χ0) is 23.3. The summed E-state index contributed by atoms with van der Waals surface area (Å²) in [6, 6.07) is 16.8. The number of piperidine rings is 1. The van der Waals surface area contributed by atoms with Gasteiger partial charge in [0.25, 0.3) is 0 Å². The van der Waals surface area contributed by atoms with E-state index < -0.39 is 10.0 Å². The average Bonchev–Trinajstić information content (AvgIpc) is 3.26. The summed E-state index contributed by atoms with van der Waals surface area (Å²) in [5.74, 6) is 0.556. The van der Waals surface area contributed by atoms with E-state index in [9.17, 15) is 8.42 Å². The highest BCUT2D eigenvalue weighted by Gasteiger charge is 2.29. The number of hydrogen-bond acceptors (Lipinski definition) is 4. The van der Waals surface area contributed by atoms with E-state index in [1.807, 2.05) is 12.1 Å². The molecule has 2 heterocycles. The van der Waals surface area contributed by atoms with Gasteiger partial charge in [-0.3, -0.25) is 0 Å². The molecule has 0 saturated carbocycles. The van der Waals surface area contributed by atoms with Crippen LogP contribution in [0.2, 0.25) is 0 Å². The third-order valence-corrected chi connectivity index (χ3v) is 9.37. The molecule has 2 aromatic rings. The molecule has 2 aromatic carbocycles. The lowest BCUT2D eigenvalue weighted by atomic mass is 9.95. The lowest BCUT2D eigenvalue weighted by Crippen LogP contribution is -2.38. The van der Waals surface area contributed by atoms with Gasteiger partial charge in [-0.2, -0.15) is 4.31 Å². The molecule has 2 saturated heterocycles. The van der Waals surface area contributed by atoms with Crippen LogP contribution >= 0.6 is 0 Å². The molecule has 0 aromatic heterocycles. The minimum absolute atomic E-state index is 0.387. The van der Waals surface area contributed by atoms with Crippen molar-refractivity contribution >= 4 is 10.0 Å². The van der Waals surface area contributed by atoms with Crippen molar-refractivity contribution in [3.8, 4) is 11.1 Å². The van der Waals surface area contributed by atoms with Gasteiger partial charge in [0, 0.05) is 39.4 Å². The topological polar surface area (TPSA) is 49.9 Å². The molecule has 0 aliphatic carbocycles. The van der Waals surface area contributed by atoms with Crippen molar-refractivity contribution in [3.63, 3.8) is 0 Å². The number of hydrogen-bond donors (Lipinski definition) is 0. The van der Waals surface area contributed by atoms with Gasteiger partial charge in [0.05, 0.1) is 4.90 Å². The molecule has 1 unspecified atom stereocenters. The Bertz CT molecular complexity index is 981. The zero-order valence-corrected chi connectivity index (χ0v) is 20.9. The minimum atomic E-state index is -3.43. The molecule has 2 aliphatic rings. The summed E-state index contributed by atoms with van der Waals surface area (Å²) in [6.45, 7) is 6.60. The van der Waals surface area contributed by atoms with E-state index >= 15 is 0 Å². The smallest absolute Gasteiger partial charge is 0.243 e. The number of likely N-dealkylation sites (tertiary alicyclic amines) is 1. The van der Waals surface area contributed by atoms with Gasteiger partial charge in [0.1, 0.15) is 0 Å². The van der Waals surface area contributed by atoms with E-state index in [0.29, 0.717) is 29.9 Å². The molecular weight excluding hydrogens is 432 g/mol. The van der Waals surface area contributed by atoms with E-state index in [1.54, 1.807) is 23.5 Å². The van der Waals surface area contributed by atoms with E-state index in [2.05, 4.69) is 36.1 Å². The second-order valence-electron chi connectivity index (χ2n) is 9.63. The van der Waals surface area contributed by atoms with Gasteiger partial charge in [0.15, 0.2) is 0 Å². The highest BCUT2D eigenvalue weighted by atomic mass is 32.2. The Kier molecular flexibility index (Phi) is 8.23. The van der Waals surface area contributed by atoms with Gasteiger partial charge in [-0.05, 0) is 86.7 Å². The highest BCUT2D eigenvalue weighted by Crippen LogP contribution is 2.28. The third kappa shape index (κ3) is 6.04. The van der Waals surface area contributed by atoms with Crippen LogP contribution in [0.15, 0.2) is 53.4 Å². The van der Waals surface area contributed by atoms with Crippen LogP contribution in [0.4, 0.5) is 0 Å². The lowest BCUT2D eigenvalue weighted by Gasteiger charge is -2.31. The number of benzene rings is 2. The SMILES string of the molecule is COCCC1CCN(S(=O)(=O)c2ccc(-c3ccc(CCN4CCCC4C)cc3)cc2)CC1. The summed E-state index contributed by atoms with van der Waals surface area (Å²) >= 11 is 0. The van der Waals surface area contributed by atoms with E-state index in [-0.39, 0.29) is 0 Å². The summed E-state index contributed by atoms with van der Waals surface area (Å²) in [5, 5.41) is 0. The van der Waals surface area contributed by atoms with Crippen molar-refractivity contribution in [1.29, 1.82) is 0 Å². The Morgan fingerprint density at radius 2 is 1.55 bits per heavy atom. The van der Waals surface area contributed by atoms with Crippen molar-refractivity contribution < 1.29 is 13.2 Å². The van der Waals surface area contributed by atoms with Gasteiger partial charge in [-0.1, -0.05) is 36.4 Å². The largest absolute Gasteiger partial charge is 0.385 e. The normalized spacial score (nSPS) is 21.0. The van der Waals surface area contributed by atoms with Crippen LogP contribution in [0.1, 0.15) is 44.6 Å². The fraction of sp³-hybridized carbons (Fsp3) is 0.556. The molecule has 0 spiro atoms. The first-order valence-corrected chi connectivity index (χ1v) is 13.8. The van der Waals surface area contributed by atoms with Crippen molar-refractivity contribution in [3.05, 3.63) is 54.1 Å². The molecular formula is C27H38N2O3S. The summed E-state index contributed by atoms with van der Waals surface area (Å²) in [6.07, 6.45) is 6.53. The molecule has 0 bridgehead atoms. The first-order valence-electron chi connectivity index (χ1n) is 12.4. The fourth-order valence-electron chi connectivity index (χ4n) is 5.15. The molecule has 5 nitrogen and oxygen atoms in total. The molecule has 0 amide bonds. The highest BCUT2D eigenvalue weighted by molar-refractivity contribution is 7.89. The third-order valence-electron chi connectivity index (χ3n) is 7.46. The van der Waals surface area contributed by atoms with Crippen LogP contribution < -0.4 is 0 Å². The Labute approximate surface area is 199 Å². The number of sulfonamides is 1. The molecule has 0 radical (unpaired) electrons. The Hall–Kier alpha value is -1.73. The molecule has 2 aliphatic heterocycles. The van der Waals surface area contributed by atoms with Crippen molar-refractivity contribution in [2.75, 3.05) is 39.9 Å². The van der Waals surface area contributed by atoms with Gasteiger partial charge < -0.3 is 9.64 Å². The molecule has 1 atom stereocenters. The van der Waals surface area contributed by atoms with Crippen LogP contribution in [-0.4, -0.2) is 63.6 Å². The Morgan fingerprint density at radius 1 is 0.909 bits per heavy atom. The quantitative estimate of drug-likeness (QED) is 0.527. The second kappa shape index (κ2) is 11.1. The molecule has 33 heavy (non-hydrogen) atoms. The van der Waals surface area contributed by atoms with Crippen LogP contribution in [0, 0.1) is 5.92 Å². The first kappa shape index (κ1) is 24.4. The molecule has 0 N–H and O–H groups in total. The van der Waals surface area contributed by atoms with Gasteiger partial charge in [-0.15, -0.1) is 0 Å². The first-order chi connectivity index (χ1) is 16.0. The maximum Gasteiger partial charge on any atom is 0.243 e. The van der Waals surface area contributed by atoms with Crippen LogP contribution in [0.3, 0.4) is 0 Å². The number of ether oxygens (including phenoxy) is 1. The predicted octanol–water partition coefficient (Wildman–Crippen LogP) is 4.82. The van der Waals surface area contributed by atoms with E-state index in [4.69, 9.17) is 4.74 Å². The Morgan fingerprint density at radius 3 is 2.12 bits per heavy atom. The fourth-order valence-corrected chi connectivity index (χ4v) is 6.62. The summed E-state index contributed by atoms with van der Waals surface area (Å²) in [5.41, 5.74) is 3.52. The van der Waals surface area contributed by atoms with Crippen LogP contribution in [0.5, 0.6) is 0 Å². The standard InChI is InChI=1S/C27H38N2O3S/c1-22-4-3-17-28(22)18-13-23-5-7-25(8-6-23)26-9-11-27(12-10-26)33(30,31)29-19-14-24(15-20-29)16-21-32-2/h5-12,22,24H,3-4,13-21H2,1-2H3. The predicted molar refractivity (Wildman–Crippen MR) is 134 cm³/mol. The second-order valence-corrected chi connectivity index (χ2v) is 11.6. The van der Waals surface area contributed by atoms with Crippen molar-refractivity contribution in [2.24, 2.45) is 5.92 Å². The molecule has 2 fully saturated rings. The van der Waals surface area contributed by atoms with Crippen LogP contribution in [0.25, 0.3) is 11.1 Å². The zero-order valence-electron chi connectivity index (χ0n) is 20.1. The van der Waals surface area contributed by atoms with E-state index in [0.717, 1.165) is 50.0 Å². The van der Waals surface area contributed by atoms with Gasteiger partial charge in [0.2, 0.25) is 10.0 Å². The minimum Gasteiger partial charge on any atom is -0.385 e. The van der Waals surface area contributed by atoms with Gasteiger partial charge in [-0.25, -0.2) is 8.42 Å². The molecule has 6 heteroatoms. The number of methoxy groups -OCH3 is 1. The summed E-state index contributed by atoms with van der Waals surface area (Å²) < 4.78 is 33.0. The van der Waals surface area contributed by atoms with Gasteiger partial charge >= 0.3 is 0 Å². The average molecular weight is 471 g/mol. The monoisotopic (exact) mass is 470 g/mol. The van der Waals surface area contributed by atoms with E-state index in [1.165, 1.54) is 24.9 Å². The Balaban J connectivity index is 1.34. The lowest BCUT2D eigenvalue weighted by molar-refractivity contribution is 0.158. The molecule has 4 rings (SSSR count).